The van der Waals surface area contributed by atoms with Crippen LogP contribution in [0, 0.1) is 0 Å². The van der Waals surface area contributed by atoms with Gasteiger partial charge in [0, 0.05) is 5.69 Å². The SMILES string of the molecule is CCc1cccc(CC)c1NC(=O)CNCc1ccco1. The molecule has 1 aromatic carbocycles. The zero-order chi connectivity index (χ0) is 15.1. The molecule has 0 saturated heterocycles. The van der Waals surface area contributed by atoms with E-state index in [9.17, 15) is 4.79 Å². The molecule has 0 bridgehead atoms. The molecule has 4 heteroatoms. The van der Waals surface area contributed by atoms with E-state index in [1.807, 2.05) is 18.2 Å². The highest BCUT2D eigenvalue weighted by atomic mass is 16.3. The number of rotatable bonds is 7. The summed E-state index contributed by atoms with van der Waals surface area (Å²) in [5, 5.41) is 6.11. The summed E-state index contributed by atoms with van der Waals surface area (Å²) in [6, 6.07) is 9.88. The van der Waals surface area contributed by atoms with Gasteiger partial charge in [-0.05, 0) is 36.1 Å². The van der Waals surface area contributed by atoms with Gasteiger partial charge in [0.1, 0.15) is 5.76 Å². The molecule has 4 nitrogen and oxygen atoms in total. The van der Waals surface area contributed by atoms with Gasteiger partial charge in [-0.15, -0.1) is 0 Å². The number of benzene rings is 1. The smallest absolute Gasteiger partial charge is 0.238 e. The molecule has 0 radical (unpaired) electrons. The molecule has 0 fully saturated rings. The van der Waals surface area contributed by atoms with Gasteiger partial charge < -0.3 is 15.1 Å². The molecule has 0 atom stereocenters. The Bertz CT molecular complexity index is 554. The van der Waals surface area contributed by atoms with E-state index in [0.717, 1.165) is 24.3 Å². The highest BCUT2D eigenvalue weighted by molar-refractivity contribution is 5.93. The van der Waals surface area contributed by atoms with Crippen LogP contribution in [0.1, 0.15) is 30.7 Å². The maximum absolute atomic E-state index is 12.1. The molecule has 2 N–H and O–H groups in total. The van der Waals surface area contributed by atoms with E-state index in [1.54, 1.807) is 6.26 Å². The fourth-order valence-electron chi connectivity index (χ4n) is 2.30. The van der Waals surface area contributed by atoms with E-state index < -0.39 is 0 Å². The van der Waals surface area contributed by atoms with Crippen molar-refractivity contribution in [1.82, 2.24) is 5.32 Å². The lowest BCUT2D eigenvalue weighted by Crippen LogP contribution is -2.28. The molecule has 112 valence electrons. The van der Waals surface area contributed by atoms with Gasteiger partial charge in [-0.25, -0.2) is 0 Å². The standard InChI is InChI=1S/C17H22N2O2/c1-3-13-7-5-8-14(4-2)17(13)19-16(20)12-18-11-15-9-6-10-21-15/h5-10,18H,3-4,11-12H2,1-2H3,(H,19,20). The van der Waals surface area contributed by atoms with Crippen molar-refractivity contribution in [2.45, 2.75) is 33.2 Å². The number of para-hydroxylation sites is 1. The zero-order valence-corrected chi connectivity index (χ0v) is 12.6. The quantitative estimate of drug-likeness (QED) is 0.822. The summed E-state index contributed by atoms with van der Waals surface area (Å²) in [6.07, 6.45) is 3.44. The van der Waals surface area contributed by atoms with Crippen LogP contribution in [0.4, 0.5) is 5.69 Å². The van der Waals surface area contributed by atoms with E-state index in [2.05, 4.69) is 36.6 Å². The van der Waals surface area contributed by atoms with Gasteiger partial charge in [-0.2, -0.15) is 0 Å². The van der Waals surface area contributed by atoms with Gasteiger partial charge in [-0.3, -0.25) is 4.79 Å². The number of anilines is 1. The lowest BCUT2D eigenvalue weighted by Gasteiger charge is -2.14. The van der Waals surface area contributed by atoms with Gasteiger partial charge >= 0.3 is 0 Å². The van der Waals surface area contributed by atoms with E-state index in [-0.39, 0.29) is 12.5 Å². The monoisotopic (exact) mass is 286 g/mol. The van der Waals surface area contributed by atoms with Crippen molar-refractivity contribution in [3.8, 4) is 0 Å². The third-order valence-electron chi connectivity index (χ3n) is 3.43. The molecular formula is C17H22N2O2. The lowest BCUT2D eigenvalue weighted by molar-refractivity contribution is -0.115. The Morgan fingerprint density at radius 2 is 1.81 bits per heavy atom. The first-order valence-corrected chi connectivity index (χ1v) is 7.38. The van der Waals surface area contributed by atoms with Crippen LogP contribution in [0.15, 0.2) is 41.0 Å². The summed E-state index contributed by atoms with van der Waals surface area (Å²) in [5.41, 5.74) is 3.31. The van der Waals surface area contributed by atoms with Crippen LogP contribution in [0.5, 0.6) is 0 Å². The topological polar surface area (TPSA) is 54.3 Å². The third kappa shape index (κ3) is 4.20. The summed E-state index contributed by atoms with van der Waals surface area (Å²) in [6.45, 7) is 5.01. The number of hydrogen-bond donors (Lipinski definition) is 2. The van der Waals surface area contributed by atoms with Crippen LogP contribution in [-0.2, 0) is 24.2 Å². The summed E-state index contributed by atoms with van der Waals surface area (Å²) in [7, 11) is 0. The minimum absolute atomic E-state index is 0.0304. The first-order chi connectivity index (χ1) is 10.2. The molecule has 0 unspecified atom stereocenters. The van der Waals surface area contributed by atoms with Gasteiger partial charge in [0.2, 0.25) is 5.91 Å². The number of nitrogens with one attached hydrogen (secondary N) is 2. The second-order valence-corrected chi connectivity index (χ2v) is 4.89. The minimum atomic E-state index is -0.0304. The predicted molar refractivity (Wildman–Crippen MR) is 84.2 cm³/mol. The third-order valence-corrected chi connectivity index (χ3v) is 3.43. The fourth-order valence-corrected chi connectivity index (χ4v) is 2.30. The Kier molecular flexibility index (Phi) is 5.58. The lowest BCUT2D eigenvalue weighted by atomic mass is 10.0. The van der Waals surface area contributed by atoms with Crippen LogP contribution in [0.3, 0.4) is 0 Å². The van der Waals surface area contributed by atoms with Crippen LogP contribution >= 0.6 is 0 Å². The van der Waals surface area contributed by atoms with E-state index in [4.69, 9.17) is 4.42 Å². The normalized spacial score (nSPS) is 10.6. The van der Waals surface area contributed by atoms with E-state index in [1.165, 1.54) is 11.1 Å². The molecule has 2 aromatic rings. The van der Waals surface area contributed by atoms with Crippen molar-refractivity contribution in [2.24, 2.45) is 0 Å². The molecule has 0 spiro atoms. The molecule has 1 aromatic heterocycles. The maximum Gasteiger partial charge on any atom is 0.238 e. The van der Waals surface area contributed by atoms with Crippen LogP contribution in [0.2, 0.25) is 0 Å². The molecule has 0 saturated carbocycles. The van der Waals surface area contributed by atoms with E-state index in [0.29, 0.717) is 6.54 Å². The number of carbonyl (C=O) groups excluding carboxylic acids is 1. The second kappa shape index (κ2) is 7.64. The number of hydrogen-bond acceptors (Lipinski definition) is 3. The van der Waals surface area contributed by atoms with Crippen molar-refractivity contribution < 1.29 is 9.21 Å². The summed E-state index contributed by atoms with van der Waals surface area (Å²) in [5.74, 6) is 0.795. The summed E-state index contributed by atoms with van der Waals surface area (Å²) >= 11 is 0. The zero-order valence-electron chi connectivity index (χ0n) is 12.6. The molecule has 21 heavy (non-hydrogen) atoms. The molecule has 1 amide bonds. The highest BCUT2D eigenvalue weighted by Crippen LogP contribution is 2.22. The van der Waals surface area contributed by atoms with Gasteiger partial charge in [-0.1, -0.05) is 32.0 Å². The maximum atomic E-state index is 12.1. The van der Waals surface area contributed by atoms with Crippen molar-refractivity contribution in [3.05, 3.63) is 53.5 Å². The predicted octanol–water partition coefficient (Wildman–Crippen LogP) is 3.13. The molecule has 0 aliphatic carbocycles. The van der Waals surface area contributed by atoms with Crippen molar-refractivity contribution in [1.29, 1.82) is 0 Å². The average Bonchev–Trinajstić information content (AvgIpc) is 3.00. The van der Waals surface area contributed by atoms with Gasteiger partial charge in [0.25, 0.3) is 0 Å². The van der Waals surface area contributed by atoms with Crippen molar-refractivity contribution in [3.63, 3.8) is 0 Å². The van der Waals surface area contributed by atoms with E-state index >= 15 is 0 Å². The Hall–Kier alpha value is -2.07. The van der Waals surface area contributed by atoms with Gasteiger partial charge in [0.15, 0.2) is 0 Å². The van der Waals surface area contributed by atoms with Gasteiger partial charge in [0.05, 0.1) is 19.4 Å². The number of aryl methyl sites for hydroxylation is 2. The molecular weight excluding hydrogens is 264 g/mol. The highest BCUT2D eigenvalue weighted by Gasteiger charge is 2.09. The first kappa shape index (κ1) is 15.3. The number of carbonyl (C=O) groups is 1. The fraction of sp³-hybridized carbons (Fsp3) is 0.353. The Morgan fingerprint density at radius 1 is 1.10 bits per heavy atom. The molecule has 2 rings (SSSR count). The summed E-state index contributed by atoms with van der Waals surface area (Å²) in [4.78, 5) is 12.1. The Morgan fingerprint density at radius 3 is 2.38 bits per heavy atom. The first-order valence-electron chi connectivity index (χ1n) is 7.38. The number of furan rings is 1. The molecule has 0 aliphatic rings. The van der Waals surface area contributed by atoms with Crippen molar-refractivity contribution >= 4 is 11.6 Å². The Labute approximate surface area is 125 Å². The van der Waals surface area contributed by atoms with Crippen LogP contribution < -0.4 is 10.6 Å². The molecule has 1 heterocycles. The number of amides is 1. The molecule has 0 aliphatic heterocycles. The summed E-state index contributed by atoms with van der Waals surface area (Å²) < 4.78 is 5.21. The largest absolute Gasteiger partial charge is 0.468 e. The second-order valence-electron chi connectivity index (χ2n) is 4.89. The Balaban J connectivity index is 1.93. The average molecular weight is 286 g/mol. The minimum Gasteiger partial charge on any atom is -0.468 e. The van der Waals surface area contributed by atoms with Crippen molar-refractivity contribution in [2.75, 3.05) is 11.9 Å². The van der Waals surface area contributed by atoms with Crippen LogP contribution in [0.25, 0.3) is 0 Å². The van der Waals surface area contributed by atoms with Crippen LogP contribution in [-0.4, -0.2) is 12.5 Å².